The van der Waals surface area contributed by atoms with Crippen molar-refractivity contribution in [3.05, 3.63) is 93.9 Å². The SMILES string of the molecule is [2H]C1([2H])N(C)C([2H])([2H])C(C)(C)N(Cc2ccc(C(=O)Nc3ccc(C(C)C)c(Nc4ncc(C)c(-c5cnc(C)c(C)c5)n4)c3)c(C)c2)C1([2H])[2H]. The van der Waals surface area contributed by atoms with Crippen LogP contribution in [-0.2, 0) is 6.54 Å². The molecule has 4 aromatic rings. The fraction of sp³-hybridized carbons (Fsp3) is 0.405. The highest BCUT2D eigenvalue weighted by Crippen LogP contribution is 2.31. The Morgan fingerprint density at radius 3 is 2.47 bits per heavy atom. The van der Waals surface area contributed by atoms with E-state index < -0.39 is 25.0 Å². The van der Waals surface area contributed by atoms with Crippen LogP contribution in [0.2, 0.25) is 0 Å². The van der Waals surface area contributed by atoms with Gasteiger partial charge in [0.25, 0.3) is 5.91 Å². The number of nitrogens with one attached hydrogen (secondary N) is 2. The van der Waals surface area contributed by atoms with Crippen molar-refractivity contribution in [3.63, 3.8) is 0 Å². The van der Waals surface area contributed by atoms with Gasteiger partial charge in [0.1, 0.15) is 0 Å². The van der Waals surface area contributed by atoms with E-state index in [1.807, 2.05) is 45.2 Å². The Hall–Kier alpha value is -4.14. The number of pyridine rings is 1. The summed E-state index contributed by atoms with van der Waals surface area (Å²) in [5.74, 6) is 0.254. The van der Waals surface area contributed by atoms with E-state index in [2.05, 4.69) is 40.5 Å². The molecule has 0 saturated carbocycles. The van der Waals surface area contributed by atoms with E-state index in [1.165, 1.54) is 11.9 Å². The number of anilines is 3. The Bertz CT molecular complexity index is 1950. The van der Waals surface area contributed by atoms with Crippen molar-refractivity contribution < 1.29 is 13.0 Å². The molecular formula is C37H47N7O. The lowest BCUT2D eigenvalue weighted by Gasteiger charge is -2.46. The number of amides is 1. The molecule has 0 spiro atoms. The van der Waals surface area contributed by atoms with E-state index in [9.17, 15) is 4.79 Å². The van der Waals surface area contributed by atoms with E-state index in [1.54, 1.807) is 45.2 Å². The Balaban J connectivity index is 1.38. The third kappa shape index (κ3) is 7.40. The van der Waals surface area contributed by atoms with Crippen molar-refractivity contribution in [2.45, 2.75) is 73.4 Å². The van der Waals surface area contributed by atoms with Gasteiger partial charge < -0.3 is 15.5 Å². The Morgan fingerprint density at radius 2 is 1.76 bits per heavy atom. The molecule has 0 unspecified atom stereocenters. The molecule has 1 saturated heterocycles. The summed E-state index contributed by atoms with van der Waals surface area (Å²) in [6.07, 6.45) is 3.59. The van der Waals surface area contributed by atoms with Crippen LogP contribution in [0.3, 0.4) is 0 Å². The molecule has 5 rings (SSSR count). The number of carbonyl (C=O) groups excluding carboxylic acids is 1. The van der Waals surface area contributed by atoms with Crippen molar-refractivity contribution in [2.75, 3.05) is 37.2 Å². The number of aryl methyl sites for hydroxylation is 4. The lowest BCUT2D eigenvalue weighted by Crippen LogP contribution is -2.57. The van der Waals surface area contributed by atoms with E-state index in [0.29, 0.717) is 28.3 Å². The summed E-state index contributed by atoms with van der Waals surface area (Å²) >= 11 is 0. The Kier molecular flexibility index (Phi) is 7.29. The van der Waals surface area contributed by atoms with Crippen molar-refractivity contribution in [3.8, 4) is 11.3 Å². The van der Waals surface area contributed by atoms with Gasteiger partial charge in [0.05, 0.1) is 5.69 Å². The number of piperazine rings is 1. The van der Waals surface area contributed by atoms with Gasteiger partial charge in [0, 0.05) is 80.4 Å². The molecule has 2 aromatic carbocycles. The largest absolute Gasteiger partial charge is 0.324 e. The molecule has 2 N–H and O–H groups in total. The number of nitrogens with zero attached hydrogens (tertiary/aromatic N) is 5. The zero-order chi connectivity index (χ0) is 37.8. The van der Waals surface area contributed by atoms with Gasteiger partial charge in [-0.2, -0.15) is 0 Å². The summed E-state index contributed by atoms with van der Waals surface area (Å²) in [5, 5.41) is 6.37. The highest BCUT2D eigenvalue weighted by atomic mass is 16.1. The van der Waals surface area contributed by atoms with Crippen LogP contribution < -0.4 is 10.6 Å². The fourth-order valence-corrected chi connectivity index (χ4v) is 5.40. The summed E-state index contributed by atoms with van der Waals surface area (Å²) < 4.78 is 51.7. The van der Waals surface area contributed by atoms with Crippen LogP contribution in [0.4, 0.5) is 17.3 Å². The summed E-state index contributed by atoms with van der Waals surface area (Å²) in [4.78, 5) is 29.5. The van der Waals surface area contributed by atoms with Crippen LogP contribution in [0.1, 0.15) is 85.7 Å². The van der Waals surface area contributed by atoms with Crippen LogP contribution in [0.25, 0.3) is 11.3 Å². The highest BCUT2D eigenvalue weighted by molar-refractivity contribution is 6.05. The minimum atomic E-state index is -2.61. The second-order valence-electron chi connectivity index (χ2n) is 12.6. The van der Waals surface area contributed by atoms with Crippen molar-refractivity contribution in [2.24, 2.45) is 0 Å². The topological polar surface area (TPSA) is 86.3 Å². The maximum absolute atomic E-state index is 13.6. The molecule has 0 bridgehead atoms. The first kappa shape index (κ1) is 25.1. The average molecular weight is 612 g/mol. The molecule has 1 aliphatic heterocycles. The number of aromatic nitrogens is 3. The maximum Gasteiger partial charge on any atom is 0.255 e. The maximum atomic E-state index is 13.6. The van der Waals surface area contributed by atoms with Gasteiger partial charge in [-0.1, -0.05) is 32.0 Å². The normalized spacial score (nSPS) is 20.7. The van der Waals surface area contributed by atoms with Crippen LogP contribution in [0.15, 0.2) is 54.9 Å². The molecule has 1 aliphatic rings. The molecule has 1 fully saturated rings. The fourth-order valence-electron chi connectivity index (χ4n) is 5.40. The van der Waals surface area contributed by atoms with Crippen LogP contribution >= 0.6 is 0 Å². The number of rotatable bonds is 8. The molecule has 45 heavy (non-hydrogen) atoms. The molecular weight excluding hydrogens is 558 g/mol. The van der Waals surface area contributed by atoms with Gasteiger partial charge in [-0.15, -0.1) is 0 Å². The zero-order valence-corrected chi connectivity index (χ0v) is 27.6. The summed E-state index contributed by atoms with van der Waals surface area (Å²) in [6.45, 7) is 7.69. The van der Waals surface area contributed by atoms with Crippen LogP contribution in [0, 0.1) is 27.7 Å². The molecule has 0 radical (unpaired) electrons. The smallest absolute Gasteiger partial charge is 0.255 e. The number of carbonyl (C=O) groups is 1. The van der Waals surface area contributed by atoms with Crippen LogP contribution in [-0.4, -0.2) is 62.7 Å². The van der Waals surface area contributed by atoms with Crippen LogP contribution in [0.5, 0.6) is 0 Å². The van der Waals surface area contributed by atoms with Crippen molar-refractivity contribution in [1.82, 2.24) is 24.8 Å². The monoisotopic (exact) mass is 611 g/mol. The van der Waals surface area contributed by atoms with Gasteiger partial charge in [0.2, 0.25) is 5.95 Å². The average Bonchev–Trinajstić information content (AvgIpc) is 3.04. The van der Waals surface area contributed by atoms with Gasteiger partial charge in [-0.05, 0) is 107 Å². The van der Waals surface area contributed by atoms with Gasteiger partial charge in [0.15, 0.2) is 0 Å². The lowest BCUT2D eigenvalue weighted by atomic mass is 9.97. The molecule has 8 nitrogen and oxygen atoms in total. The minimum absolute atomic E-state index is 0.0654. The van der Waals surface area contributed by atoms with Gasteiger partial charge >= 0.3 is 0 Å². The molecule has 3 heterocycles. The summed E-state index contributed by atoms with van der Waals surface area (Å²) in [5.41, 5.74) is 7.28. The Morgan fingerprint density at radius 1 is 0.978 bits per heavy atom. The number of hydrogen-bond donors (Lipinski definition) is 2. The predicted octanol–water partition coefficient (Wildman–Crippen LogP) is 7.42. The molecule has 236 valence electrons. The molecule has 0 atom stereocenters. The summed E-state index contributed by atoms with van der Waals surface area (Å²) in [6, 6.07) is 12.9. The number of benzene rings is 2. The first-order valence-corrected chi connectivity index (χ1v) is 15.2. The molecule has 2 aromatic heterocycles. The molecule has 0 aliphatic carbocycles. The van der Waals surface area contributed by atoms with E-state index in [-0.39, 0.29) is 18.4 Å². The highest BCUT2D eigenvalue weighted by Gasteiger charge is 2.32. The number of likely N-dealkylation sites (N-methyl/N-ethyl adjacent to an activating group) is 1. The first-order valence-electron chi connectivity index (χ1n) is 18.2. The van der Waals surface area contributed by atoms with Crippen molar-refractivity contribution in [1.29, 1.82) is 0 Å². The predicted molar refractivity (Wildman–Crippen MR) is 184 cm³/mol. The van der Waals surface area contributed by atoms with Crippen molar-refractivity contribution >= 4 is 23.2 Å². The zero-order valence-electron chi connectivity index (χ0n) is 33.6. The molecule has 8 heteroatoms. The van der Waals surface area contributed by atoms with Gasteiger partial charge in [-0.3, -0.25) is 14.7 Å². The van der Waals surface area contributed by atoms with E-state index >= 15 is 0 Å². The van der Waals surface area contributed by atoms with E-state index in [4.69, 9.17) is 13.2 Å². The minimum Gasteiger partial charge on any atom is -0.324 e. The second-order valence-corrected chi connectivity index (χ2v) is 12.6. The number of hydrogen-bond acceptors (Lipinski definition) is 7. The van der Waals surface area contributed by atoms with Gasteiger partial charge in [-0.25, -0.2) is 9.97 Å². The third-order valence-corrected chi connectivity index (χ3v) is 8.11. The summed E-state index contributed by atoms with van der Waals surface area (Å²) in [7, 11) is 1.27. The second kappa shape index (κ2) is 13.1. The quantitative estimate of drug-likeness (QED) is 0.214. The lowest BCUT2D eigenvalue weighted by molar-refractivity contribution is 0.0254. The first-order chi connectivity index (χ1) is 23.6. The Labute approximate surface area is 276 Å². The standard InChI is InChI=1S/C37H47N7O/c1-23(2)31-13-11-30(18-33(31)41-36-39-19-26(5)34(42-36)29-17-24(3)27(6)38-20-29)40-35(45)32-12-10-28(16-25(32)4)21-44-15-14-43(9)22-37(44,7)8/h10-13,16-20,23H,14-15,21-22H2,1-9H3,(H,40,45)(H,39,41,42)/i14D2,15D2,22D2. The molecule has 1 amide bonds. The van der Waals surface area contributed by atoms with E-state index in [0.717, 1.165) is 44.2 Å². The third-order valence-electron chi connectivity index (χ3n) is 8.11.